The van der Waals surface area contributed by atoms with Crippen molar-refractivity contribution >= 4 is 35.5 Å². The van der Waals surface area contributed by atoms with Crippen molar-refractivity contribution < 1.29 is 19.4 Å². The van der Waals surface area contributed by atoms with Crippen LogP contribution in [0.3, 0.4) is 0 Å². The van der Waals surface area contributed by atoms with Gasteiger partial charge in [0.25, 0.3) is 6.47 Å². The number of nitrogens with one attached hydrogen (secondary N) is 2. The van der Waals surface area contributed by atoms with Gasteiger partial charge in [-0.05, 0) is 111 Å². The second kappa shape index (κ2) is 14.4. The van der Waals surface area contributed by atoms with Crippen molar-refractivity contribution in [2.45, 2.75) is 98.5 Å². The molecule has 0 spiro atoms. The topological polar surface area (TPSA) is 116 Å². The lowest BCUT2D eigenvalue weighted by Crippen LogP contribution is -2.42. The zero-order valence-corrected chi connectivity index (χ0v) is 26.1. The normalized spacial score (nSPS) is 20.1. The maximum Gasteiger partial charge on any atom is 0.308 e. The summed E-state index contributed by atoms with van der Waals surface area (Å²) in [4.78, 5) is 28.2. The molecule has 1 heterocycles. The molecule has 0 saturated heterocycles. The smallest absolute Gasteiger partial charge is 0.308 e. The molecule has 0 radical (unpaired) electrons. The van der Waals surface area contributed by atoms with Gasteiger partial charge in [0.1, 0.15) is 17.6 Å². The van der Waals surface area contributed by atoms with Crippen LogP contribution in [0.2, 0.25) is 0 Å². The molecule has 3 N–H and O–H groups in total. The van der Waals surface area contributed by atoms with Gasteiger partial charge in [0.15, 0.2) is 0 Å². The number of rotatable bonds is 8. The fourth-order valence-corrected chi connectivity index (χ4v) is 5.72. The number of ether oxygens (including phenoxy) is 1. The van der Waals surface area contributed by atoms with Crippen molar-refractivity contribution in [1.29, 1.82) is 5.41 Å². The van der Waals surface area contributed by atoms with Crippen LogP contribution in [0.4, 0.5) is 17.2 Å². The molecule has 2 aromatic rings. The third-order valence-corrected chi connectivity index (χ3v) is 8.13. The summed E-state index contributed by atoms with van der Waals surface area (Å²) in [6.45, 7) is 11.9. The maximum atomic E-state index is 13.4. The van der Waals surface area contributed by atoms with Crippen molar-refractivity contribution in [2.75, 3.05) is 17.3 Å². The van der Waals surface area contributed by atoms with Crippen LogP contribution < -0.4 is 10.2 Å². The number of pyridine rings is 1. The Bertz CT molecular complexity index is 1350. The van der Waals surface area contributed by atoms with E-state index < -0.39 is 0 Å². The van der Waals surface area contributed by atoms with Gasteiger partial charge in [0.2, 0.25) is 5.90 Å². The first kappa shape index (κ1) is 32.7. The highest BCUT2D eigenvalue weighted by atomic mass is 16.5. The predicted octanol–water partition coefficient (Wildman–Crippen LogP) is 7.34. The molecule has 226 valence electrons. The van der Waals surface area contributed by atoms with Gasteiger partial charge in [0.05, 0.1) is 11.4 Å². The molecule has 3 fully saturated rings. The molecule has 0 bridgehead atoms. The first-order chi connectivity index (χ1) is 20.1. The molecule has 1 amide bonds. The van der Waals surface area contributed by atoms with Gasteiger partial charge in [-0.1, -0.05) is 45.6 Å². The maximum absolute atomic E-state index is 13.4. The molecule has 0 atom stereocenters. The number of hydrogen-bond donors (Lipinski definition) is 3. The van der Waals surface area contributed by atoms with Gasteiger partial charge in [-0.2, -0.15) is 0 Å². The largest absolute Gasteiger partial charge is 0.483 e. The highest BCUT2D eigenvalue weighted by Gasteiger charge is 2.45. The Balaban J connectivity index is 0.000000910. The average molecular weight is 575 g/mol. The minimum Gasteiger partial charge on any atom is -0.483 e. The van der Waals surface area contributed by atoms with Gasteiger partial charge >= 0.3 is 5.91 Å². The monoisotopic (exact) mass is 574 g/mol. The van der Waals surface area contributed by atoms with E-state index in [4.69, 9.17) is 25.0 Å². The van der Waals surface area contributed by atoms with E-state index in [1.54, 1.807) is 11.8 Å². The molecule has 42 heavy (non-hydrogen) atoms. The van der Waals surface area contributed by atoms with Gasteiger partial charge in [-0.15, -0.1) is 0 Å². The molecule has 3 aliphatic carbocycles. The number of aryl methyl sites for hydroxylation is 2. The van der Waals surface area contributed by atoms with Crippen molar-refractivity contribution in [3.05, 3.63) is 46.6 Å². The molecule has 3 aliphatic rings. The second-order valence-electron chi connectivity index (χ2n) is 11.6. The van der Waals surface area contributed by atoms with E-state index in [0.717, 1.165) is 48.4 Å². The summed E-state index contributed by atoms with van der Waals surface area (Å²) in [5, 5.41) is 18.8. The highest BCUT2D eigenvalue weighted by Crippen LogP contribution is 2.52. The zero-order chi connectivity index (χ0) is 31.0. The summed E-state index contributed by atoms with van der Waals surface area (Å²) in [6, 6.07) is 7.96. The molecule has 8 heteroatoms. The van der Waals surface area contributed by atoms with E-state index in [9.17, 15) is 4.79 Å². The molecule has 0 aliphatic heterocycles. The van der Waals surface area contributed by atoms with Crippen LogP contribution in [0.1, 0.15) is 101 Å². The molecule has 3 saturated carbocycles. The van der Waals surface area contributed by atoms with Crippen molar-refractivity contribution in [3.63, 3.8) is 0 Å². The molecule has 8 nitrogen and oxygen atoms in total. The first-order valence-electron chi connectivity index (χ1n) is 15.0. The first-order valence-corrected chi connectivity index (χ1v) is 15.0. The number of carbonyl (C=O) groups excluding carboxylic acids is 1. The van der Waals surface area contributed by atoms with Gasteiger partial charge in [-0.3, -0.25) is 19.9 Å². The molecular formula is C34H46N4O4. The van der Waals surface area contributed by atoms with Crippen molar-refractivity contribution in [2.24, 2.45) is 11.3 Å². The van der Waals surface area contributed by atoms with Crippen LogP contribution in [-0.2, 0) is 14.3 Å². The molecular weight excluding hydrogens is 528 g/mol. The average Bonchev–Trinajstić information content (AvgIpc) is 3.87. The Morgan fingerprint density at radius 2 is 1.81 bits per heavy atom. The van der Waals surface area contributed by atoms with E-state index >= 15 is 0 Å². The molecule has 5 rings (SSSR count). The number of aromatic nitrogens is 1. The van der Waals surface area contributed by atoms with Crippen LogP contribution in [0, 0.1) is 42.4 Å². The summed E-state index contributed by atoms with van der Waals surface area (Å²) in [5.74, 6) is 6.97. The predicted molar refractivity (Wildman–Crippen MR) is 169 cm³/mol. The van der Waals surface area contributed by atoms with Gasteiger partial charge < -0.3 is 15.2 Å². The Morgan fingerprint density at radius 3 is 2.36 bits per heavy atom. The number of amides is 1. The molecule has 1 aromatic carbocycles. The van der Waals surface area contributed by atoms with Crippen LogP contribution in [0.15, 0.2) is 24.3 Å². The van der Waals surface area contributed by atoms with Crippen molar-refractivity contribution in [3.8, 4) is 11.8 Å². The summed E-state index contributed by atoms with van der Waals surface area (Å²) in [6.07, 6.45) is 8.22. The summed E-state index contributed by atoms with van der Waals surface area (Å²) < 4.78 is 6.12. The lowest BCUT2D eigenvalue weighted by Gasteiger charge is -2.45. The summed E-state index contributed by atoms with van der Waals surface area (Å²) in [5.41, 5.74) is 5.76. The minimum absolute atomic E-state index is 0.0383. The van der Waals surface area contributed by atoms with E-state index in [0.29, 0.717) is 28.5 Å². The standard InChI is InChI=1S/C31H38N4O2.C2H6.CH2O2/c1-6-7-28(36)35(26-15-20(3)19(2)14-24(26)22-10-11-22)27-13-12-25(33-5)29(34-27)30(32)37-23-17-31(4,18-23)16-21-8-9-21;1-2;2-1-3/h12-15,21-23,32-33H,8-11,16-18H2,1-5H3;1-2H3;1H,(H,2,3). The van der Waals surface area contributed by atoms with Crippen LogP contribution in [-0.4, -0.2) is 41.5 Å². The van der Waals surface area contributed by atoms with E-state index in [-0.39, 0.29) is 24.4 Å². The Labute approximate surface area is 250 Å². The molecule has 1 aromatic heterocycles. The lowest BCUT2D eigenvalue weighted by molar-refractivity contribution is -0.122. The number of anilines is 3. The minimum atomic E-state index is -0.328. The van der Waals surface area contributed by atoms with Crippen LogP contribution in [0.25, 0.3) is 0 Å². The van der Waals surface area contributed by atoms with Gasteiger partial charge in [-0.25, -0.2) is 4.98 Å². The Morgan fingerprint density at radius 1 is 1.19 bits per heavy atom. The zero-order valence-electron chi connectivity index (χ0n) is 26.1. The Kier molecular flexibility index (Phi) is 11.2. The Hall–Kier alpha value is -3.86. The number of nitrogens with zero attached hydrogens (tertiary/aromatic N) is 2. The summed E-state index contributed by atoms with van der Waals surface area (Å²) in [7, 11) is 1.81. The fraction of sp³-hybridized carbons (Fsp3) is 0.529. The molecule has 0 unspecified atom stereocenters. The highest BCUT2D eigenvalue weighted by molar-refractivity contribution is 6.11. The van der Waals surface area contributed by atoms with Crippen LogP contribution >= 0.6 is 0 Å². The third kappa shape index (κ3) is 7.90. The summed E-state index contributed by atoms with van der Waals surface area (Å²) >= 11 is 0. The van der Waals surface area contributed by atoms with Crippen molar-refractivity contribution in [1.82, 2.24) is 4.98 Å². The van der Waals surface area contributed by atoms with E-state index in [1.165, 1.54) is 24.8 Å². The number of benzene rings is 1. The SMILES string of the molecule is CC.CC#CC(=O)N(c1ccc(NC)c(C(=N)OC2CC(C)(CC3CC3)C2)n1)c1cc(C)c(C)cc1C1CC1.O=CO. The van der Waals surface area contributed by atoms with E-state index in [1.807, 2.05) is 33.0 Å². The lowest BCUT2D eigenvalue weighted by atomic mass is 9.65. The number of carboxylic acid groups (broad SMARTS) is 1. The van der Waals surface area contributed by atoms with Crippen LogP contribution in [0.5, 0.6) is 0 Å². The second-order valence-corrected chi connectivity index (χ2v) is 11.6. The number of carbonyl (C=O) groups is 2. The third-order valence-electron chi connectivity index (χ3n) is 8.13. The van der Waals surface area contributed by atoms with Gasteiger partial charge in [0, 0.05) is 7.05 Å². The van der Waals surface area contributed by atoms with E-state index in [2.05, 4.69) is 50.1 Å². The number of hydrogen-bond acceptors (Lipinski definition) is 6. The fourth-order valence-electron chi connectivity index (χ4n) is 5.72. The quantitative estimate of drug-likeness (QED) is 0.131.